The monoisotopic (exact) mass is 187 g/mol. The van der Waals surface area contributed by atoms with E-state index in [0.29, 0.717) is 0 Å². The molecule has 0 radical (unpaired) electrons. The van der Waals surface area contributed by atoms with E-state index in [1.807, 2.05) is 12.1 Å². The smallest absolute Gasteiger partial charge is 0.0314 e. The zero-order valence-electron chi connectivity index (χ0n) is 8.50. The molecule has 0 amide bonds. The van der Waals surface area contributed by atoms with Crippen molar-refractivity contribution >= 4 is 5.69 Å². The molecule has 1 spiro atoms. The first kappa shape index (κ1) is 8.34. The van der Waals surface area contributed by atoms with Crippen LogP contribution in [-0.2, 0) is 0 Å². The first-order chi connectivity index (χ1) is 6.80. The van der Waals surface area contributed by atoms with Crippen LogP contribution in [-0.4, -0.2) is 0 Å². The number of hydrogen-bond donors (Lipinski definition) is 1. The van der Waals surface area contributed by atoms with Crippen LogP contribution in [0.15, 0.2) is 24.3 Å². The number of anilines is 1. The minimum atomic E-state index is 0.718. The summed E-state index contributed by atoms with van der Waals surface area (Å²) in [5.74, 6) is 0.852. The van der Waals surface area contributed by atoms with Crippen LogP contribution in [0, 0.1) is 5.41 Å². The Kier molecular flexibility index (Phi) is 1.64. The second-order valence-electron chi connectivity index (χ2n) is 4.99. The van der Waals surface area contributed by atoms with Gasteiger partial charge in [-0.3, -0.25) is 0 Å². The third kappa shape index (κ3) is 1.15. The second-order valence-corrected chi connectivity index (χ2v) is 4.99. The van der Waals surface area contributed by atoms with Gasteiger partial charge in [-0.05, 0) is 48.3 Å². The van der Waals surface area contributed by atoms with Gasteiger partial charge in [-0.15, -0.1) is 0 Å². The quantitative estimate of drug-likeness (QED) is 0.671. The number of benzene rings is 1. The molecule has 14 heavy (non-hydrogen) atoms. The predicted octanol–water partition coefficient (Wildman–Crippen LogP) is 3.32. The topological polar surface area (TPSA) is 26.0 Å². The summed E-state index contributed by atoms with van der Waals surface area (Å²) in [6.45, 7) is 0. The van der Waals surface area contributed by atoms with Crippen LogP contribution in [0.3, 0.4) is 0 Å². The molecule has 2 N–H and O–H groups in total. The summed E-state index contributed by atoms with van der Waals surface area (Å²) in [7, 11) is 0. The zero-order chi connectivity index (χ0) is 9.60. The van der Waals surface area contributed by atoms with E-state index in [-0.39, 0.29) is 0 Å². The Labute approximate surface area is 85.3 Å². The zero-order valence-corrected chi connectivity index (χ0v) is 8.50. The molecular weight excluding hydrogens is 170 g/mol. The minimum Gasteiger partial charge on any atom is -0.399 e. The first-order valence-electron chi connectivity index (χ1n) is 5.66. The molecule has 0 heterocycles. The van der Waals surface area contributed by atoms with Gasteiger partial charge in [0.05, 0.1) is 0 Å². The number of hydrogen-bond acceptors (Lipinski definition) is 1. The Hall–Kier alpha value is -0.980. The van der Waals surface area contributed by atoms with Gasteiger partial charge in [0.15, 0.2) is 0 Å². The van der Waals surface area contributed by atoms with E-state index in [9.17, 15) is 0 Å². The summed E-state index contributed by atoms with van der Waals surface area (Å²) >= 11 is 0. The molecule has 2 saturated carbocycles. The normalized spacial score (nSPS) is 28.1. The highest BCUT2D eigenvalue weighted by molar-refractivity contribution is 5.42. The third-order valence-electron chi connectivity index (χ3n) is 4.13. The molecule has 1 nitrogen and oxygen atoms in total. The summed E-state index contributed by atoms with van der Waals surface area (Å²) in [5, 5.41) is 0. The summed E-state index contributed by atoms with van der Waals surface area (Å²) < 4.78 is 0. The van der Waals surface area contributed by atoms with Gasteiger partial charge in [-0.25, -0.2) is 0 Å². The van der Waals surface area contributed by atoms with Crippen molar-refractivity contribution in [3.05, 3.63) is 29.8 Å². The average Bonchev–Trinajstić information content (AvgIpc) is 2.68. The van der Waals surface area contributed by atoms with Crippen molar-refractivity contribution in [2.45, 2.75) is 38.0 Å². The lowest BCUT2D eigenvalue weighted by Crippen LogP contribution is -1.95. The molecular formula is C13H17N. The van der Waals surface area contributed by atoms with Crippen molar-refractivity contribution < 1.29 is 0 Å². The molecule has 1 aromatic rings. The number of rotatable bonds is 1. The Morgan fingerprint density at radius 2 is 1.71 bits per heavy atom. The highest BCUT2D eigenvalue weighted by Gasteiger charge is 2.55. The molecule has 1 aromatic carbocycles. The summed E-state index contributed by atoms with van der Waals surface area (Å²) in [4.78, 5) is 0. The van der Waals surface area contributed by atoms with E-state index in [1.165, 1.54) is 37.7 Å². The van der Waals surface area contributed by atoms with E-state index in [4.69, 9.17) is 5.73 Å². The van der Waals surface area contributed by atoms with E-state index < -0.39 is 0 Å². The van der Waals surface area contributed by atoms with Gasteiger partial charge in [-0.2, -0.15) is 0 Å². The lowest BCUT2D eigenvalue weighted by Gasteiger charge is -2.07. The number of nitrogen functional groups attached to an aromatic ring is 1. The maximum Gasteiger partial charge on any atom is 0.0314 e. The van der Waals surface area contributed by atoms with Crippen LogP contribution in [0.2, 0.25) is 0 Å². The largest absolute Gasteiger partial charge is 0.399 e. The van der Waals surface area contributed by atoms with Crippen LogP contribution in [0.25, 0.3) is 0 Å². The Balaban J connectivity index is 1.82. The maximum absolute atomic E-state index is 5.69. The molecule has 0 aliphatic heterocycles. The lowest BCUT2D eigenvalue weighted by molar-refractivity contribution is 0.512. The van der Waals surface area contributed by atoms with Crippen molar-refractivity contribution in [1.29, 1.82) is 0 Å². The van der Waals surface area contributed by atoms with Gasteiger partial charge in [-0.1, -0.05) is 25.0 Å². The van der Waals surface area contributed by atoms with E-state index >= 15 is 0 Å². The first-order valence-corrected chi connectivity index (χ1v) is 5.66. The van der Waals surface area contributed by atoms with E-state index in [2.05, 4.69) is 12.1 Å². The van der Waals surface area contributed by atoms with Crippen molar-refractivity contribution in [2.24, 2.45) is 5.41 Å². The van der Waals surface area contributed by atoms with Crippen LogP contribution >= 0.6 is 0 Å². The summed E-state index contributed by atoms with van der Waals surface area (Å²) in [5.41, 5.74) is 8.81. The van der Waals surface area contributed by atoms with Crippen LogP contribution < -0.4 is 5.73 Å². The van der Waals surface area contributed by atoms with Gasteiger partial charge in [0.25, 0.3) is 0 Å². The van der Waals surface area contributed by atoms with Gasteiger partial charge in [0.2, 0.25) is 0 Å². The van der Waals surface area contributed by atoms with Crippen molar-refractivity contribution in [3.63, 3.8) is 0 Å². The molecule has 1 heteroatoms. The molecule has 0 bridgehead atoms. The van der Waals surface area contributed by atoms with Crippen molar-refractivity contribution in [3.8, 4) is 0 Å². The molecule has 2 aliphatic carbocycles. The maximum atomic E-state index is 5.69. The molecule has 2 aliphatic rings. The minimum absolute atomic E-state index is 0.718. The van der Waals surface area contributed by atoms with E-state index in [1.54, 1.807) is 0 Å². The fourth-order valence-electron chi connectivity index (χ4n) is 3.18. The second kappa shape index (κ2) is 2.75. The molecule has 74 valence electrons. The average molecular weight is 187 g/mol. The van der Waals surface area contributed by atoms with Crippen molar-refractivity contribution in [1.82, 2.24) is 0 Å². The van der Waals surface area contributed by atoms with Crippen LogP contribution in [0.1, 0.15) is 43.6 Å². The molecule has 3 rings (SSSR count). The molecule has 0 aromatic heterocycles. The predicted molar refractivity (Wildman–Crippen MR) is 59.1 cm³/mol. The third-order valence-corrected chi connectivity index (χ3v) is 4.13. The standard InChI is InChI=1S/C13H17N/c14-11-5-3-10(4-6-11)12-9-13(12)7-1-2-8-13/h3-6,12H,1-2,7-9,14H2. The Bertz CT molecular complexity index is 333. The summed E-state index contributed by atoms with van der Waals surface area (Å²) in [6.07, 6.45) is 7.25. The van der Waals surface area contributed by atoms with Crippen LogP contribution in [0.5, 0.6) is 0 Å². The molecule has 1 unspecified atom stereocenters. The SMILES string of the molecule is Nc1ccc(C2CC23CCCC3)cc1. The fraction of sp³-hybridized carbons (Fsp3) is 0.538. The fourth-order valence-corrected chi connectivity index (χ4v) is 3.18. The molecule has 1 atom stereocenters. The van der Waals surface area contributed by atoms with Crippen molar-refractivity contribution in [2.75, 3.05) is 5.73 Å². The van der Waals surface area contributed by atoms with Gasteiger partial charge >= 0.3 is 0 Å². The highest BCUT2D eigenvalue weighted by atomic mass is 14.6. The van der Waals surface area contributed by atoms with Crippen LogP contribution in [0.4, 0.5) is 5.69 Å². The Morgan fingerprint density at radius 3 is 2.36 bits per heavy atom. The summed E-state index contributed by atoms with van der Waals surface area (Å²) in [6, 6.07) is 8.51. The van der Waals surface area contributed by atoms with Gasteiger partial charge < -0.3 is 5.73 Å². The van der Waals surface area contributed by atoms with E-state index in [0.717, 1.165) is 17.0 Å². The Morgan fingerprint density at radius 1 is 1.07 bits per heavy atom. The van der Waals surface area contributed by atoms with Gasteiger partial charge in [0, 0.05) is 5.69 Å². The lowest BCUT2D eigenvalue weighted by atomic mass is 9.97. The highest BCUT2D eigenvalue weighted by Crippen LogP contribution is 2.67. The number of nitrogens with two attached hydrogens (primary N) is 1. The van der Waals surface area contributed by atoms with Gasteiger partial charge in [0.1, 0.15) is 0 Å². The molecule has 0 saturated heterocycles. The molecule has 2 fully saturated rings.